The van der Waals surface area contributed by atoms with Gasteiger partial charge in [0.2, 0.25) is 29.6 Å². The van der Waals surface area contributed by atoms with Crippen molar-refractivity contribution in [1.29, 1.82) is 0 Å². The molecule has 0 spiro atoms. The minimum atomic E-state index is -0.723. The molecule has 1 fully saturated rings. The lowest BCUT2D eigenvalue weighted by Crippen LogP contribution is -2.52. The Bertz CT molecular complexity index is 2400. The van der Waals surface area contributed by atoms with Crippen molar-refractivity contribution < 1.29 is 33.5 Å². The number of likely N-dealkylation sites (N-methyl/N-ethyl adjacent to an activating group) is 1. The standard InChI is InChI=1S/C45H51BrN10O7/c1-4-34-44(62)54(2)36-24-49-45(53-40(36)55(34)25-27-12-15-29(46)16-13-27)51-33-17-14-28(23-37(33)63-3)41(59)48-22-8-21-47-20-6-5-11-38(57)50-32-10-7-9-30-31(32)26-56(43(30)61)35-18-19-39(58)52-42(35)60/h7,9-10,12-17,23-24,34-35,47H,4-6,8,11,18-22,25-26H2,1-3H3,(H,48,59)(H,50,57)(H,49,51,53)(H,52,58,60)/t34-,35?/m1/s1. The first-order valence-corrected chi connectivity index (χ1v) is 21.9. The highest BCUT2D eigenvalue weighted by molar-refractivity contribution is 9.10. The Balaban J connectivity index is 0.833. The first-order chi connectivity index (χ1) is 30.4. The summed E-state index contributed by atoms with van der Waals surface area (Å²) in [5.41, 5.74) is 4.31. The maximum Gasteiger partial charge on any atom is 0.255 e. The summed E-state index contributed by atoms with van der Waals surface area (Å²) in [4.78, 5) is 90.8. The second-order valence-electron chi connectivity index (χ2n) is 15.6. The summed E-state index contributed by atoms with van der Waals surface area (Å²) >= 11 is 3.49. The molecule has 1 aromatic heterocycles. The molecule has 3 aliphatic rings. The smallest absolute Gasteiger partial charge is 0.255 e. The van der Waals surface area contributed by atoms with E-state index in [1.807, 2.05) is 36.1 Å². The maximum absolute atomic E-state index is 13.3. The van der Waals surface area contributed by atoms with E-state index in [2.05, 4.69) is 47.5 Å². The number of halogens is 1. The summed E-state index contributed by atoms with van der Waals surface area (Å²) in [7, 11) is 3.26. The van der Waals surface area contributed by atoms with Gasteiger partial charge in [0.15, 0.2) is 5.82 Å². The summed E-state index contributed by atoms with van der Waals surface area (Å²) in [6.07, 6.45) is 5.10. The van der Waals surface area contributed by atoms with Gasteiger partial charge in [-0.3, -0.25) is 34.1 Å². The monoisotopic (exact) mass is 922 g/mol. The molecule has 1 saturated heterocycles. The molecule has 3 aromatic carbocycles. The largest absolute Gasteiger partial charge is 0.495 e. The van der Waals surface area contributed by atoms with Gasteiger partial charge in [-0.1, -0.05) is 41.1 Å². The number of nitrogens with zero attached hydrogens (tertiary/aromatic N) is 5. The van der Waals surface area contributed by atoms with Crippen molar-refractivity contribution in [3.63, 3.8) is 0 Å². The fourth-order valence-electron chi connectivity index (χ4n) is 8.01. The van der Waals surface area contributed by atoms with Gasteiger partial charge in [0.05, 0.1) is 19.0 Å². The number of unbranched alkanes of at least 4 members (excludes halogenated alkanes) is 1. The number of benzene rings is 3. The van der Waals surface area contributed by atoms with Crippen LogP contribution in [0.25, 0.3) is 0 Å². The normalized spacial score (nSPS) is 17.0. The molecule has 5 N–H and O–H groups in total. The van der Waals surface area contributed by atoms with Gasteiger partial charge in [0.25, 0.3) is 11.8 Å². The number of hydrogen-bond acceptors (Lipinski definition) is 12. The van der Waals surface area contributed by atoms with E-state index in [1.54, 1.807) is 54.5 Å². The number of amides is 6. The predicted octanol–water partition coefficient (Wildman–Crippen LogP) is 5.03. The van der Waals surface area contributed by atoms with E-state index >= 15 is 0 Å². The molecule has 0 radical (unpaired) electrons. The highest BCUT2D eigenvalue weighted by Gasteiger charge is 2.40. The molecule has 330 valence electrons. The Morgan fingerprint density at radius 3 is 2.52 bits per heavy atom. The quantitative estimate of drug-likeness (QED) is 0.0658. The van der Waals surface area contributed by atoms with E-state index < -0.39 is 18.0 Å². The molecule has 4 aromatic rings. The minimum Gasteiger partial charge on any atom is -0.495 e. The van der Waals surface area contributed by atoms with E-state index in [1.165, 1.54) is 12.0 Å². The molecule has 0 bridgehead atoms. The molecule has 18 heteroatoms. The van der Waals surface area contributed by atoms with Crippen molar-refractivity contribution in [3.8, 4) is 5.75 Å². The van der Waals surface area contributed by atoms with E-state index in [9.17, 15) is 28.8 Å². The molecular weight excluding hydrogens is 872 g/mol. The summed E-state index contributed by atoms with van der Waals surface area (Å²) in [5, 5.41) is 14.8. The second kappa shape index (κ2) is 20.2. The molecule has 0 aliphatic carbocycles. The molecule has 2 atom stereocenters. The number of ether oxygens (including phenoxy) is 1. The number of anilines is 5. The van der Waals surface area contributed by atoms with Crippen LogP contribution in [-0.4, -0.2) is 96.2 Å². The molecule has 17 nitrogen and oxygen atoms in total. The van der Waals surface area contributed by atoms with Crippen molar-refractivity contribution in [3.05, 3.63) is 93.6 Å². The average Bonchev–Trinajstić information content (AvgIpc) is 3.61. The van der Waals surface area contributed by atoms with Crippen LogP contribution in [0.5, 0.6) is 5.75 Å². The molecule has 7 rings (SSSR count). The Labute approximate surface area is 373 Å². The van der Waals surface area contributed by atoms with Crippen LogP contribution in [0.3, 0.4) is 0 Å². The van der Waals surface area contributed by atoms with Crippen molar-refractivity contribution >= 4 is 80.2 Å². The number of aromatic nitrogens is 2. The zero-order valence-corrected chi connectivity index (χ0v) is 37.0. The fraction of sp³-hybridized carbons (Fsp3) is 0.378. The third kappa shape index (κ3) is 10.3. The van der Waals surface area contributed by atoms with E-state index in [0.29, 0.717) is 103 Å². The van der Waals surface area contributed by atoms with E-state index in [-0.39, 0.29) is 48.9 Å². The lowest BCUT2D eigenvalue weighted by molar-refractivity contribution is -0.137. The number of carbonyl (C=O) groups is 6. The van der Waals surface area contributed by atoms with Crippen LogP contribution in [0.15, 0.2) is 71.3 Å². The summed E-state index contributed by atoms with van der Waals surface area (Å²) in [6, 6.07) is 17.1. The van der Waals surface area contributed by atoms with Gasteiger partial charge in [-0.15, -0.1) is 0 Å². The topological polar surface area (TPSA) is 207 Å². The second-order valence-corrected chi connectivity index (χ2v) is 16.5. The van der Waals surface area contributed by atoms with Crippen molar-refractivity contribution in [2.75, 3.05) is 54.2 Å². The SMILES string of the molecule is CC[C@@H]1C(=O)N(C)c2cnc(Nc3ccc(C(=O)NCCCNCCCCC(=O)Nc4cccc5c4CN(C4CCC(=O)NC4=O)C5=O)cc3OC)nc2N1Cc1ccc(Br)cc1. The van der Waals surface area contributed by atoms with Crippen LogP contribution in [0, 0.1) is 0 Å². The van der Waals surface area contributed by atoms with Crippen LogP contribution in [0.4, 0.5) is 28.8 Å². The van der Waals surface area contributed by atoms with Gasteiger partial charge in [0.1, 0.15) is 23.5 Å². The number of carbonyl (C=O) groups excluding carboxylic acids is 6. The number of methoxy groups -OCH3 is 1. The van der Waals surface area contributed by atoms with Crippen molar-refractivity contribution in [1.82, 2.24) is 30.8 Å². The van der Waals surface area contributed by atoms with Crippen LogP contribution in [0.2, 0.25) is 0 Å². The average molecular weight is 924 g/mol. The van der Waals surface area contributed by atoms with E-state index in [0.717, 1.165) is 16.5 Å². The summed E-state index contributed by atoms with van der Waals surface area (Å²) in [5.74, 6) is -0.158. The van der Waals surface area contributed by atoms with Gasteiger partial charge < -0.3 is 40.7 Å². The van der Waals surface area contributed by atoms with Gasteiger partial charge >= 0.3 is 0 Å². The Morgan fingerprint density at radius 2 is 1.76 bits per heavy atom. The minimum absolute atomic E-state index is 0.0213. The van der Waals surface area contributed by atoms with Crippen LogP contribution >= 0.6 is 15.9 Å². The number of imide groups is 1. The number of hydrogen-bond donors (Lipinski definition) is 5. The maximum atomic E-state index is 13.3. The summed E-state index contributed by atoms with van der Waals surface area (Å²) < 4.78 is 6.62. The number of piperidine rings is 1. The zero-order valence-electron chi connectivity index (χ0n) is 35.5. The molecule has 4 heterocycles. The third-order valence-electron chi connectivity index (χ3n) is 11.4. The number of rotatable bonds is 18. The highest BCUT2D eigenvalue weighted by atomic mass is 79.9. The third-order valence-corrected chi connectivity index (χ3v) is 11.9. The molecule has 3 aliphatic heterocycles. The fourth-order valence-corrected chi connectivity index (χ4v) is 8.28. The van der Waals surface area contributed by atoms with Crippen molar-refractivity contribution in [2.24, 2.45) is 0 Å². The van der Waals surface area contributed by atoms with Crippen LogP contribution in [0.1, 0.15) is 83.7 Å². The van der Waals surface area contributed by atoms with Crippen LogP contribution < -0.4 is 41.1 Å². The molecule has 63 heavy (non-hydrogen) atoms. The van der Waals surface area contributed by atoms with Gasteiger partial charge in [-0.05, 0) is 93.2 Å². The molecule has 1 unspecified atom stereocenters. The van der Waals surface area contributed by atoms with Crippen LogP contribution in [-0.2, 0) is 32.3 Å². The summed E-state index contributed by atoms with van der Waals surface area (Å²) in [6.45, 7) is 4.49. The predicted molar refractivity (Wildman–Crippen MR) is 241 cm³/mol. The molecular formula is C45H51BrN10O7. The lowest BCUT2D eigenvalue weighted by atomic mass is 10.0. The lowest BCUT2D eigenvalue weighted by Gasteiger charge is -2.40. The van der Waals surface area contributed by atoms with Gasteiger partial charge in [-0.2, -0.15) is 4.98 Å². The van der Waals surface area contributed by atoms with Crippen molar-refractivity contribution in [2.45, 2.75) is 77.0 Å². The zero-order chi connectivity index (χ0) is 44.6. The number of fused-ring (bicyclic) bond motifs is 2. The Hall–Kier alpha value is -6.40. The first kappa shape index (κ1) is 44.6. The molecule has 0 saturated carbocycles. The Kier molecular flexibility index (Phi) is 14.3. The first-order valence-electron chi connectivity index (χ1n) is 21.1. The number of nitrogens with one attached hydrogen (secondary N) is 5. The molecule has 6 amide bonds. The Morgan fingerprint density at radius 1 is 0.968 bits per heavy atom. The highest BCUT2D eigenvalue weighted by Crippen LogP contribution is 2.37. The van der Waals surface area contributed by atoms with Gasteiger partial charge in [-0.25, -0.2) is 4.98 Å². The van der Waals surface area contributed by atoms with Gasteiger partial charge in [0, 0.05) is 66.4 Å². The van der Waals surface area contributed by atoms with E-state index in [4.69, 9.17) is 9.72 Å².